The van der Waals surface area contributed by atoms with Gasteiger partial charge in [-0.05, 0) is 49.7 Å². The smallest absolute Gasteiger partial charge is 0.258 e. The average molecular weight is 335 g/mol. The maximum atomic E-state index is 13.6. The molecule has 0 fully saturated rings. The Hall–Kier alpha value is -3.21. The van der Waals surface area contributed by atoms with Crippen LogP contribution in [0.25, 0.3) is 0 Å². The summed E-state index contributed by atoms with van der Waals surface area (Å²) in [5.74, 6) is -0.396. The molecule has 0 unspecified atom stereocenters. The second-order valence-electron chi connectivity index (χ2n) is 5.81. The molecule has 4 nitrogen and oxygen atoms in total. The van der Waals surface area contributed by atoms with Crippen molar-refractivity contribution in [3.63, 3.8) is 0 Å². The van der Waals surface area contributed by atoms with Crippen molar-refractivity contribution in [3.8, 4) is 0 Å². The highest BCUT2D eigenvalue weighted by Crippen LogP contribution is 2.21. The van der Waals surface area contributed by atoms with Crippen molar-refractivity contribution in [1.82, 2.24) is 4.98 Å². The predicted molar refractivity (Wildman–Crippen MR) is 97.8 cm³/mol. The van der Waals surface area contributed by atoms with Gasteiger partial charge in [0.1, 0.15) is 11.6 Å². The van der Waals surface area contributed by atoms with Crippen LogP contribution in [-0.2, 0) is 0 Å². The SMILES string of the molecule is Cc1ccc(Nc2ccc(NC(=O)c3ccccc3F)cn2)c(C)c1. The molecule has 0 saturated carbocycles. The zero-order chi connectivity index (χ0) is 17.8. The lowest BCUT2D eigenvalue weighted by atomic mass is 10.1. The van der Waals surface area contributed by atoms with Gasteiger partial charge in [0.2, 0.25) is 0 Å². The normalized spacial score (nSPS) is 10.4. The summed E-state index contributed by atoms with van der Waals surface area (Å²) >= 11 is 0. The van der Waals surface area contributed by atoms with Gasteiger partial charge in [0, 0.05) is 5.69 Å². The van der Waals surface area contributed by atoms with E-state index in [9.17, 15) is 9.18 Å². The Bertz CT molecular complexity index is 907. The van der Waals surface area contributed by atoms with Crippen molar-refractivity contribution in [1.29, 1.82) is 0 Å². The number of halogens is 1. The van der Waals surface area contributed by atoms with Gasteiger partial charge >= 0.3 is 0 Å². The van der Waals surface area contributed by atoms with E-state index in [2.05, 4.69) is 21.7 Å². The van der Waals surface area contributed by atoms with Gasteiger partial charge in [-0.25, -0.2) is 9.37 Å². The monoisotopic (exact) mass is 335 g/mol. The Balaban J connectivity index is 1.70. The van der Waals surface area contributed by atoms with Crippen molar-refractivity contribution >= 4 is 23.1 Å². The van der Waals surface area contributed by atoms with E-state index in [0.717, 1.165) is 11.3 Å². The van der Waals surface area contributed by atoms with E-state index in [1.165, 1.54) is 23.9 Å². The molecular weight excluding hydrogens is 317 g/mol. The Morgan fingerprint density at radius 3 is 2.52 bits per heavy atom. The van der Waals surface area contributed by atoms with Gasteiger partial charge in [-0.1, -0.05) is 29.8 Å². The largest absolute Gasteiger partial charge is 0.340 e. The van der Waals surface area contributed by atoms with Gasteiger partial charge in [-0.2, -0.15) is 0 Å². The Kier molecular flexibility index (Phi) is 4.75. The van der Waals surface area contributed by atoms with Crippen molar-refractivity contribution < 1.29 is 9.18 Å². The zero-order valence-electron chi connectivity index (χ0n) is 14.0. The molecule has 0 atom stereocenters. The van der Waals surface area contributed by atoms with Crippen LogP contribution in [0.15, 0.2) is 60.8 Å². The summed E-state index contributed by atoms with van der Waals surface area (Å²) in [6, 6.07) is 15.4. The molecule has 1 heterocycles. The molecule has 0 saturated heterocycles. The number of aryl methyl sites for hydroxylation is 2. The fraction of sp³-hybridized carbons (Fsp3) is 0.100. The van der Waals surface area contributed by atoms with Crippen molar-refractivity contribution in [3.05, 3.63) is 83.3 Å². The van der Waals surface area contributed by atoms with Crippen LogP contribution in [0.1, 0.15) is 21.5 Å². The van der Waals surface area contributed by atoms with Gasteiger partial charge in [-0.15, -0.1) is 0 Å². The first kappa shape index (κ1) is 16.6. The number of nitrogens with zero attached hydrogens (tertiary/aromatic N) is 1. The molecule has 0 aliphatic carbocycles. The number of aromatic nitrogens is 1. The van der Waals surface area contributed by atoms with Crippen LogP contribution in [0.3, 0.4) is 0 Å². The molecule has 0 aliphatic heterocycles. The summed E-state index contributed by atoms with van der Waals surface area (Å²) in [5.41, 5.74) is 3.79. The second-order valence-corrected chi connectivity index (χ2v) is 5.81. The fourth-order valence-corrected chi connectivity index (χ4v) is 2.48. The molecule has 126 valence electrons. The number of pyridine rings is 1. The highest BCUT2D eigenvalue weighted by molar-refractivity contribution is 6.04. The van der Waals surface area contributed by atoms with Crippen molar-refractivity contribution in [2.45, 2.75) is 13.8 Å². The molecule has 2 aromatic carbocycles. The average Bonchev–Trinajstić information content (AvgIpc) is 2.59. The fourth-order valence-electron chi connectivity index (χ4n) is 2.48. The van der Waals surface area contributed by atoms with E-state index in [4.69, 9.17) is 0 Å². The molecule has 3 rings (SSSR count). The Morgan fingerprint density at radius 1 is 1.04 bits per heavy atom. The molecule has 0 spiro atoms. The standard InChI is InChI=1S/C20H18FN3O/c1-13-7-9-18(14(2)11-13)24-19-10-8-15(12-22-19)23-20(25)16-5-3-4-6-17(16)21/h3-12H,1-2H3,(H,22,24)(H,23,25). The summed E-state index contributed by atoms with van der Waals surface area (Å²) in [6.45, 7) is 4.07. The van der Waals surface area contributed by atoms with Crippen LogP contribution in [-0.4, -0.2) is 10.9 Å². The van der Waals surface area contributed by atoms with Crippen LogP contribution in [0.4, 0.5) is 21.6 Å². The van der Waals surface area contributed by atoms with E-state index >= 15 is 0 Å². The van der Waals surface area contributed by atoms with Gasteiger partial charge < -0.3 is 10.6 Å². The third kappa shape index (κ3) is 4.01. The number of hydrogen-bond donors (Lipinski definition) is 2. The third-order valence-corrected chi connectivity index (χ3v) is 3.78. The maximum absolute atomic E-state index is 13.6. The number of carbonyl (C=O) groups is 1. The molecule has 25 heavy (non-hydrogen) atoms. The molecule has 0 bridgehead atoms. The summed E-state index contributed by atoms with van der Waals surface area (Å²) < 4.78 is 13.6. The van der Waals surface area contributed by atoms with E-state index in [-0.39, 0.29) is 5.56 Å². The highest BCUT2D eigenvalue weighted by Gasteiger charge is 2.11. The van der Waals surface area contributed by atoms with Crippen LogP contribution >= 0.6 is 0 Å². The zero-order valence-corrected chi connectivity index (χ0v) is 14.0. The number of hydrogen-bond acceptors (Lipinski definition) is 3. The number of anilines is 3. The van der Waals surface area contributed by atoms with Crippen LogP contribution < -0.4 is 10.6 Å². The van der Waals surface area contributed by atoms with Crippen LogP contribution in [0.5, 0.6) is 0 Å². The topological polar surface area (TPSA) is 54.0 Å². The van der Waals surface area contributed by atoms with E-state index in [1.807, 2.05) is 26.0 Å². The molecule has 0 aliphatic rings. The van der Waals surface area contributed by atoms with E-state index in [0.29, 0.717) is 11.5 Å². The lowest BCUT2D eigenvalue weighted by Crippen LogP contribution is -2.13. The highest BCUT2D eigenvalue weighted by atomic mass is 19.1. The Labute approximate surface area is 145 Å². The minimum absolute atomic E-state index is 0.0000169. The van der Waals surface area contributed by atoms with E-state index in [1.54, 1.807) is 24.3 Å². The van der Waals surface area contributed by atoms with Crippen LogP contribution in [0, 0.1) is 19.7 Å². The predicted octanol–water partition coefficient (Wildman–Crippen LogP) is 4.83. The lowest BCUT2D eigenvalue weighted by Gasteiger charge is -2.10. The minimum Gasteiger partial charge on any atom is -0.340 e. The molecule has 3 aromatic rings. The number of amides is 1. The molecular formula is C20H18FN3O. The molecule has 1 amide bonds. The molecule has 2 N–H and O–H groups in total. The second kappa shape index (κ2) is 7.13. The maximum Gasteiger partial charge on any atom is 0.258 e. The Morgan fingerprint density at radius 2 is 1.84 bits per heavy atom. The van der Waals surface area contributed by atoms with Gasteiger partial charge in [-0.3, -0.25) is 4.79 Å². The third-order valence-electron chi connectivity index (χ3n) is 3.78. The lowest BCUT2D eigenvalue weighted by molar-refractivity contribution is 0.102. The first-order valence-corrected chi connectivity index (χ1v) is 7.89. The van der Waals surface area contributed by atoms with Crippen molar-refractivity contribution in [2.24, 2.45) is 0 Å². The first-order valence-electron chi connectivity index (χ1n) is 7.89. The summed E-state index contributed by atoms with van der Waals surface area (Å²) in [7, 11) is 0. The number of carbonyl (C=O) groups excluding carboxylic acids is 1. The molecule has 5 heteroatoms. The molecule has 1 aromatic heterocycles. The van der Waals surface area contributed by atoms with E-state index < -0.39 is 11.7 Å². The quantitative estimate of drug-likeness (QED) is 0.718. The number of nitrogens with one attached hydrogen (secondary N) is 2. The van der Waals surface area contributed by atoms with Gasteiger partial charge in [0.15, 0.2) is 0 Å². The molecule has 0 radical (unpaired) electrons. The summed E-state index contributed by atoms with van der Waals surface area (Å²) in [5, 5.41) is 5.88. The van der Waals surface area contributed by atoms with Crippen LogP contribution in [0.2, 0.25) is 0 Å². The van der Waals surface area contributed by atoms with Crippen molar-refractivity contribution in [2.75, 3.05) is 10.6 Å². The number of benzene rings is 2. The number of rotatable bonds is 4. The summed E-state index contributed by atoms with van der Waals surface area (Å²) in [4.78, 5) is 16.4. The minimum atomic E-state index is -0.555. The summed E-state index contributed by atoms with van der Waals surface area (Å²) in [6.07, 6.45) is 1.53. The van der Waals surface area contributed by atoms with Gasteiger partial charge in [0.25, 0.3) is 5.91 Å². The first-order chi connectivity index (χ1) is 12.0. The van der Waals surface area contributed by atoms with Gasteiger partial charge in [0.05, 0.1) is 17.4 Å².